The van der Waals surface area contributed by atoms with Crippen molar-refractivity contribution in [2.45, 2.75) is 19.8 Å². The van der Waals surface area contributed by atoms with Crippen LogP contribution < -0.4 is 10.6 Å². The molecule has 1 aliphatic heterocycles. The summed E-state index contributed by atoms with van der Waals surface area (Å²) in [4.78, 5) is 8.79. The number of hydrogen-bond acceptors (Lipinski definition) is 9. The van der Waals surface area contributed by atoms with Gasteiger partial charge in [0.2, 0.25) is 17.6 Å². The molecule has 0 atom stereocenters. The summed E-state index contributed by atoms with van der Waals surface area (Å²) in [5.74, 6) is 1.08. The number of aromatic nitrogens is 4. The maximum atomic E-state index is 12.7. The predicted octanol–water partition coefficient (Wildman–Crippen LogP) is 3.99. The number of alkyl halides is 2. The summed E-state index contributed by atoms with van der Waals surface area (Å²) in [6.07, 6.45) is -2.38. The lowest BCUT2D eigenvalue weighted by molar-refractivity contribution is 0.116. The number of guanidine groups is 1. The summed E-state index contributed by atoms with van der Waals surface area (Å²) in [7, 11) is 0. The molecule has 5 rings (SSSR count). The maximum absolute atomic E-state index is 12.7. The van der Waals surface area contributed by atoms with Crippen molar-refractivity contribution in [1.82, 2.24) is 25.7 Å². The number of anilines is 1. The molecule has 11 heteroatoms. The molecule has 0 bridgehead atoms. The zero-order valence-electron chi connectivity index (χ0n) is 17.5. The number of benzene rings is 2. The van der Waals surface area contributed by atoms with Gasteiger partial charge in [-0.1, -0.05) is 17.3 Å². The molecule has 0 saturated heterocycles. The number of nitrogens with one attached hydrogen (secondary N) is 2. The number of aryl methyl sites for hydroxylation is 1. The highest BCUT2D eigenvalue weighted by Crippen LogP contribution is 2.27. The number of hydrogen-bond donors (Lipinski definition) is 2. The van der Waals surface area contributed by atoms with Crippen LogP contribution in [0.1, 0.15) is 29.3 Å². The third kappa shape index (κ3) is 4.56. The van der Waals surface area contributed by atoms with Crippen LogP contribution in [-0.4, -0.2) is 39.4 Å². The number of nitrogens with zero attached hydrogens (tertiary/aromatic N) is 5. The van der Waals surface area contributed by atoms with E-state index in [0.29, 0.717) is 23.7 Å². The van der Waals surface area contributed by atoms with Crippen LogP contribution in [0, 0.1) is 6.92 Å². The number of rotatable bonds is 6. The highest BCUT2D eigenvalue weighted by atomic mass is 19.3. The van der Waals surface area contributed by atoms with Crippen molar-refractivity contribution < 1.29 is 17.7 Å². The Labute approximate surface area is 186 Å². The van der Waals surface area contributed by atoms with E-state index in [9.17, 15) is 8.78 Å². The molecule has 0 fully saturated rings. The summed E-state index contributed by atoms with van der Waals surface area (Å²) in [6.45, 7) is 3.45. The van der Waals surface area contributed by atoms with Gasteiger partial charge in [-0.2, -0.15) is 13.8 Å². The van der Waals surface area contributed by atoms with Gasteiger partial charge < -0.3 is 19.6 Å². The van der Waals surface area contributed by atoms with E-state index < -0.39 is 12.3 Å². The van der Waals surface area contributed by atoms with Gasteiger partial charge in [-0.3, -0.25) is 4.99 Å². The average Bonchev–Trinajstić information content (AvgIpc) is 3.57. The van der Waals surface area contributed by atoms with Crippen LogP contribution in [0.15, 0.2) is 56.4 Å². The fourth-order valence-electron chi connectivity index (χ4n) is 3.45. The lowest BCUT2D eigenvalue weighted by Gasteiger charge is -2.06. The molecule has 0 spiro atoms. The molecule has 0 radical (unpaired) electrons. The minimum Gasteiger partial charge on any atom is -0.415 e. The minimum atomic E-state index is -2.80. The first-order valence-electron chi connectivity index (χ1n) is 10.2. The van der Waals surface area contributed by atoms with Crippen molar-refractivity contribution in [2.24, 2.45) is 4.99 Å². The zero-order valence-corrected chi connectivity index (χ0v) is 17.5. The number of halogens is 2. The number of aliphatic imine (C=N–C) groups is 1. The second-order valence-electron chi connectivity index (χ2n) is 7.44. The van der Waals surface area contributed by atoms with Crippen LogP contribution >= 0.6 is 0 Å². The fourth-order valence-corrected chi connectivity index (χ4v) is 3.45. The summed E-state index contributed by atoms with van der Waals surface area (Å²) < 4.78 is 35.9. The van der Waals surface area contributed by atoms with Gasteiger partial charge in [0.05, 0.1) is 13.0 Å². The first-order chi connectivity index (χ1) is 16.0. The van der Waals surface area contributed by atoms with E-state index in [-0.39, 0.29) is 5.89 Å². The van der Waals surface area contributed by atoms with Crippen LogP contribution in [-0.2, 0) is 6.42 Å². The summed E-state index contributed by atoms with van der Waals surface area (Å²) >= 11 is 0. The molecule has 2 N–H and O–H groups in total. The topological polar surface area (TPSA) is 114 Å². The largest absolute Gasteiger partial charge is 0.415 e. The van der Waals surface area contributed by atoms with E-state index in [4.69, 9.17) is 8.94 Å². The Morgan fingerprint density at radius 1 is 1.12 bits per heavy atom. The van der Waals surface area contributed by atoms with E-state index >= 15 is 0 Å². The van der Waals surface area contributed by atoms with Crippen molar-refractivity contribution in [1.29, 1.82) is 0 Å². The molecule has 0 saturated carbocycles. The molecular formula is C22H19F2N7O2. The molecule has 168 valence electrons. The Bertz CT molecular complexity index is 1300. The molecule has 0 aliphatic carbocycles. The van der Waals surface area contributed by atoms with Crippen LogP contribution in [0.5, 0.6) is 0 Å². The van der Waals surface area contributed by atoms with Crippen molar-refractivity contribution in [3.63, 3.8) is 0 Å². The van der Waals surface area contributed by atoms with Gasteiger partial charge in [-0.25, -0.2) is 0 Å². The Balaban J connectivity index is 1.27. The average molecular weight is 451 g/mol. The third-order valence-corrected chi connectivity index (χ3v) is 5.05. The smallest absolute Gasteiger partial charge is 0.314 e. The Hall–Kier alpha value is -4.15. The van der Waals surface area contributed by atoms with Gasteiger partial charge in [0.15, 0.2) is 5.96 Å². The Kier molecular flexibility index (Phi) is 5.51. The predicted molar refractivity (Wildman–Crippen MR) is 116 cm³/mol. The van der Waals surface area contributed by atoms with Crippen molar-refractivity contribution in [3.8, 4) is 22.8 Å². The van der Waals surface area contributed by atoms with Crippen molar-refractivity contribution in [2.75, 3.05) is 18.4 Å². The Morgan fingerprint density at radius 2 is 1.97 bits per heavy atom. The van der Waals surface area contributed by atoms with Crippen LogP contribution in [0.4, 0.5) is 14.5 Å². The van der Waals surface area contributed by atoms with Gasteiger partial charge in [0.1, 0.15) is 0 Å². The summed E-state index contributed by atoms with van der Waals surface area (Å²) in [5.41, 5.74) is 4.06. The van der Waals surface area contributed by atoms with Crippen LogP contribution in [0.3, 0.4) is 0 Å². The summed E-state index contributed by atoms with van der Waals surface area (Å²) in [5, 5.41) is 17.5. The molecule has 4 aromatic rings. The molecule has 2 aromatic heterocycles. The molecule has 2 aromatic carbocycles. The van der Waals surface area contributed by atoms with E-state index in [1.54, 1.807) is 6.07 Å². The molecule has 0 unspecified atom stereocenters. The van der Waals surface area contributed by atoms with E-state index in [0.717, 1.165) is 41.4 Å². The van der Waals surface area contributed by atoms with E-state index in [1.807, 2.05) is 43.3 Å². The van der Waals surface area contributed by atoms with Crippen LogP contribution in [0.2, 0.25) is 0 Å². The highest BCUT2D eigenvalue weighted by molar-refractivity contribution is 5.94. The van der Waals surface area contributed by atoms with E-state index in [2.05, 4.69) is 36.0 Å². The van der Waals surface area contributed by atoms with E-state index in [1.165, 1.54) is 0 Å². The summed E-state index contributed by atoms with van der Waals surface area (Å²) in [6, 6.07) is 13.1. The normalized spacial score (nSPS) is 13.3. The third-order valence-electron chi connectivity index (χ3n) is 5.05. The van der Waals surface area contributed by atoms with Crippen LogP contribution in [0.25, 0.3) is 22.8 Å². The lowest BCUT2D eigenvalue weighted by Crippen LogP contribution is -2.26. The second kappa shape index (κ2) is 8.77. The van der Waals surface area contributed by atoms with Gasteiger partial charge in [0, 0.05) is 23.4 Å². The molecule has 0 amide bonds. The monoisotopic (exact) mass is 451 g/mol. The fraction of sp³-hybridized carbons (Fsp3) is 0.227. The standard InChI is InChI=1S/C22H19F2N7O2/c1-12-10-13(2-7-16(12)20-29-30-21(32-20)18(23)24)11-17-28-19(31-33-17)14-3-5-15(6-4-14)27-22-25-8-9-26-22/h2-7,10,18H,8-9,11H2,1H3,(H2,25,26,27). The van der Waals surface area contributed by atoms with Gasteiger partial charge >= 0.3 is 6.43 Å². The van der Waals surface area contributed by atoms with Crippen molar-refractivity contribution >= 4 is 11.6 Å². The van der Waals surface area contributed by atoms with Gasteiger partial charge in [-0.05, 0) is 48.4 Å². The molecule has 1 aliphatic rings. The SMILES string of the molecule is Cc1cc(Cc2nc(-c3ccc(NC4=NCCN4)cc3)no2)ccc1-c1nnc(C(F)F)o1. The zero-order chi connectivity index (χ0) is 22.8. The van der Waals surface area contributed by atoms with Gasteiger partial charge in [0.25, 0.3) is 5.89 Å². The highest BCUT2D eigenvalue weighted by Gasteiger charge is 2.18. The molecule has 9 nitrogen and oxygen atoms in total. The molecule has 33 heavy (non-hydrogen) atoms. The van der Waals surface area contributed by atoms with Gasteiger partial charge in [-0.15, -0.1) is 10.2 Å². The Morgan fingerprint density at radius 3 is 2.67 bits per heavy atom. The first kappa shape index (κ1) is 20.7. The lowest BCUT2D eigenvalue weighted by atomic mass is 10.0. The molecular weight excluding hydrogens is 432 g/mol. The first-order valence-corrected chi connectivity index (χ1v) is 10.2. The molecule has 3 heterocycles. The quantitative estimate of drug-likeness (QED) is 0.452. The van der Waals surface area contributed by atoms with Crippen molar-refractivity contribution in [3.05, 3.63) is 65.4 Å². The minimum absolute atomic E-state index is 0.0585. The second-order valence-corrected chi connectivity index (χ2v) is 7.44. The maximum Gasteiger partial charge on any atom is 0.314 e.